The number of phenols is 1. The van der Waals surface area contributed by atoms with Crippen LogP contribution in [0.15, 0.2) is 18.2 Å². The van der Waals surface area contributed by atoms with E-state index in [-0.39, 0.29) is 17.9 Å². The van der Waals surface area contributed by atoms with Gasteiger partial charge in [0.2, 0.25) is 17.7 Å². The van der Waals surface area contributed by atoms with Gasteiger partial charge in [0, 0.05) is 18.7 Å². The minimum absolute atomic E-state index is 0.0991. The maximum absolute atomic E-state index is 13.9. The van der Waals surface area contributed by atoms with Gasteiger partial charge in [-0.3, -0.25) is 14.4 Å². The first-order valence-electron chi connectivity index (χ1n) is 13.0. The van der Waals surface area contributed by atoms with E-state index in [0.29, 0.717) is 18.5 Å². The molecule has 0 heterocycles. The van der Waals surface area contributed by atoms with E-state index in [1.807, 2.05) is 13.8 Å². The van der Waals surface area contributed by atoms with E-state index in [1.165, 1.54) is 4.90 Å². The maximum atomic E-state index is 13.9. The molecule has 0 spiro atoms. The number of ether oxygens (including phenoxy) is 1. The Bertz CT molecular complexity index is 928. The molecule has 0 aromatic heterocycles. The van der Waals surface area contributed by atoms with E-state index < -0.39 is 47.9 Å². The van der Waals surface area contributed by atoms with Crippen molar-refractivity contribution in [2.45, 2.75) is 97.8 Å². The maximum Gasteiger partial charge on any atom is 0.408 e. The Morgan fingerprint density at radius 2 is 1.73 bits per heavy atom. The molecular formula is C27H44N4O6. The van der Waals surface area contributed by atoms with Gasteiger partial charge in [-0.15, -0.1) is 0 Å². The highest BCUT2D eigenvalue weighted by atomic mass is 16.6. The van der Waals surface area contributed by atoms with Crippen LogP contribution < -0.4 is 16.4 Å². The van der Waals surface area contributed by atoms with Crippen LogP contribution in [0.3, 0.4) is 0 Å². The summed E-state index contributed by atoms with van der Waals surface area (Å²) in [4.78, 5) is 53.1. The van der Waals surface area contributed by atoms with Gasteiger partial charge in [-0.1, -0.05) is 51.3 Å². The summed E-state index contributed by atoms with van der Waals surface area (Å²) in [6.45, 7) is 11.3. The van der Waals surface area contributed by atoms with Crippen LogP contribution >= 0.6 is 0 Å². The summed E-state index contributed by atoms with van der Waals surface area (Å²) in [5.41, 5.74) is 5.38. The van der Waals surface area contributed by atoms with Crippen molar-refractivity contribution in [3.05, 3.63) is 29.3 Å². The number of aryl methyl sites for hydroxylation is 1. The number of carbonyl (C=O) groups excluding carboxylic acids is 4. The van der Waals surface area contributed by atoms with Gasteiger partial charge in [0.15, 0.2) is 0 Å². The van der Waals surface area contributed by atoms with Crippen molar-refractivity contribution in [1.29, 1.82) is 0 Å². The van der Waals surface area contributed by atoms with Crippen molar-refractivity contribution in [3.63, 3.8) is 0 Å². The lowest BCUT2D eigenvalue weighted by Crippen LogP contribution is -2.54. The van der Waals surface area contributed by atoms with Crippen LogP contribution in [0.4, 0.5) is 4.79 Å². The number of primary amides is 1. The number of amides is 4. The molecule has 0 radical (unpaired) electrons. The first kappa shape index (κ1) is 31.7. The fraction of sp³-hybridized carbons (Fsp3) is 0.630. The lowest BCUT2D eigenvalue weighted by molar-refractivity contribution is -0.143. The molecule has 37 heavy (non-hydrogen) atoms. The number of nitrogens with one attached hydrogen (secondary N) is 2. The molecule has 208 valence electrons. The molecule has 10 heteroatoms. The molecule has 5 N–H and O–H groups in total. The average Bonchev–Trinajstić information content (AvgIpc) is 2.78. The predicted octanol–water partition coefficient (Wildman–Crippen LogP) is 3.45. The van der Waals surface area contributed by atoms with Crippen molar-refractivity contribution in [3.8, 4) is 5.75 Å². The van der Waals surface area contributed by atoms with Gasteiger partial charge in [0.05, 0.1) is 6.42 Å². The van der Waals surface area contributed by atoms with Crippen molar-refractivity contribution >= 4 is 23.8 Å². The highest BCUT2D eigenvalue weighted by Crippen LogP contribution is 2.32. The number of phenolic OH excluding ortho intramolecular Hbond substituents is 1. The van der Waals surface area contributed by atoms with Crippen LogP contribution in [0.5, 0.6) is 5.75 Å². The molecule has 0 aliphatic heterocycles. The zero-order valence-corrected chi connectivity index (χ0v) is 23.1. The van der Waals surface area contributed by atoms with Gasteiger partial charge in [-0.25, -0.2) is 4.79 Å². The number of rotatable bonds is 14. The van der Waals surface area contributed by atoms with Crippen LogP contribution in [-0.4, -0.2) is 58.6 Å². The molecule has 0 saturated heterocycles. The monoisotopic (exact) mass is 520 g/mol. The number of benzene rings is 1. The van der Waals surface area contributed by atoms with Crippen molar-refractivity contribution in [2.24, 2.45) is 5.73 Å². The Balaban J connectivity index is 3.54. The SMILES string of the molecule is CCCCCN(C(=O)C(CC(N)=O)NC(=O)OC(C)(C)C)C(C(=O)NCCCC)c1cccc(C)c1O. The number of aromatic hydroxyl groups is 1. The summed E-state index contributed by atoms with van der Waals surface area (Å²) < 4.78 is 5.28. The normalized spacial score (nSPS) is 12.8. The summed E-state index contributed by atoms with van der Waals surface area (Å²) >= 11 is 0. The number of nitrogens with zero attached hydrogens (tertiary/aromatic N) is 1. The minimum atomic E-state index is -1.35. The molecule has 1 aromatic rings. The van der Waals surface area contributed by atoms with Crippen LogP contribution in [0.1, 0.15) is 90.3 Å². The second kappa shape index (κ2) is 15.1. The molecule has 0 aliphatic carbocycles. The second-order valence-electron chi connectivity index (χ2n) is 10.2. The predicted molar refractivity (Wildman–Crippen MR) is 142 cm³/mol. The fourth-order valence-electron chi connectivity index (χ4n) is 3.79. The van der Waals surface area contributed by atoms with Crippen LogP contribution in [-0.2, 0) is 19.1 Å². The molecule has 1 aromatic carbocycles. The van der Waals surface area contributed by atoms with Gasteiger partial charge >= 0.3 is 6.09 Å². The van der Waals surface area contributed by atoms with Crippen molar-refractivity contribution in [1.82, 2.24) is 15.5 Å². The number of unbranched alkanes of at least 4 members (excludes halogenated alkanes) is 3. The largest absolute Gasteiger partial charge is 0.507 e. The molecule has 2 atom stereocenters. The van der Waals surface area contributed by atoms with Crippen LogP contribution in [0.25, 0.3) is 0 Å². The fourth-order valence-corrected chi connectivity index (χ4v) is 3.79. The van der Waals surface area contributed by atoms with E-state index in [1.54, 1.807) is 45.9 Å². The Morgan fingerprint density at radius 3 is 2.30 bits per heavy atom. The molecular weight excluding hydrogens is 476 g/mol. The molecule has 10 nitrogen and oxygen atoms in total. The molecule has 0 bridgehead atoms. The third kappa shape index (κ3) is 10.7. The number of carbonyl (C=O) groups is 4. The zero-order valence-electron chi connectivity index (χ0n) is 23.1. The lowest BCUT2D eigenvalue weighted by Gasteiger charge is -2.34. The second-order valence-corrected chi connectivity index (χ2v) is 10.2. The highest BCUT2D eigenvalue weighted by Gasteiger charge is 2.38. The standard InChI is InChI=1S/C27H44N4O6/c1-7-9-11-16-31(25(35)20(17-21(28)32)30-26(36)37-27(4,5)6)22(24(34)29-15-10-8-2)19-14-12-13-18(3)23(19)33/h12-14,20,22,33H,7-11,15-17H2,1-6H3,(H2,28,32)(H,29,34)(H,30,36). The van der Waals surface area contributed by atoms with Crippen LogP contribution in [0.2, 0.25) is 0 Å². The van der Waals surface area contributed by atoms with E-state index >= 15 is 0 Å². The molecule has 4 amide bonds. The molecule has 1 rings (SSSR count). The van der Waals surface area contributed by atoms with Crippen molar-refractivity contribution in [2.75, 3.05) is 13.1 Å². The smallest absolute Gasteiger partial charge is 0.408 e. The summed E-state index contributed by atoms with van der Waals surface area (Å²) in [6, 6.07) is 2.46. The minimum Gasteiger partial charge on any atom is -0.507 e. The van der Waals surface area contributed by atoms with E-state index in [2.05, 4.69) is 10.6 Å². The number of hydrogen-bond donors (Lipinski definition) is 4. The average molecular weight is 521 g/mol. The Labute approximate surface area is 220 Å². The summed E-state index contributed by atoms with van der Waals surface area (Å²) in [5.74, 6) is -2.03. The van der Waals surface area contributed by atoms with Crippen molar-refractivity contribution < 1.29 is 29.0 Å². The number of nitrogens with two attached hydrogens (primary N) is 1. The van der Waals surface area contributed by atoms with E-state index in [0.717, 1.165) is 25.7 Å². The van der Waals surface area contributed by atoms with Gasteiger partial charge in [0.25, 0.3) is 0 Å². The molecule has 0 aliphatic rings. The summed E-state index contributed by atoms with van der Waals surface area (Å²) in [6.07, 6.45) is 2.46. The van der Waals surface area contributed by atoms with Gasteiger partial charge in [-0.05, 0) is 46.1 Å². The number of hydrogen-bond acceptors (Lipinski definition) is 6. The van der Waals surface area contributed by atoms with E-state index in [9.17, 15) is 24.3 Å². The third-order valence-corrected chi connectivity index (χ3v) is 5.63. The van der Waals surface area contributed by atoms with Crippen LogP contribution in [0, 0.1) is 6.92 Å². The first-order chi connectivity index (χ1) is 17.3. The number of alkyl carbamates (subject to hydrolysis) is 1. The van der Waals surface area contributed by atoms with Gasteiger partial charge in [0.1, 0.15) is 23.4 Å². The topological polar surface area (TPSA) is 151 Å². The zero-order chi connectivity index (χ0) is 28.2. The van der Waals surface area contributed by atoms with Gasteiger partial charge < -0.3 is 31.1 Å². The first-order valence-corrected chi connectivity index (χ1v) is 13.0. The molecule has 2 unspecified atom stereocenters. The Hall–Kier alpha value is -3.30. The molecule has 0 fully saturated rings. The summed E-state index contributed by atoms with van der Waals surface area (Å²) in [5, 5.41) is 16.2. The quantitative estimate of drug-likeness (QED) is 0.276. The summed E-state index contributed by atoms with van der Waals surface area (Å²) in [7, 11) is 0. The molecule has 0 saturated carbocycles. The lowest BCUT2D eigenvalue weighted by atomic mass is 9.98. The van der Waals surface area contributed by atoms with E-state index in [4.69, 9.17) is 10.5 Å². The van der Waals surface area contributed by atoms with Gasteiger partial charge in [-0.2, -0.15) is 0 Å². The third-order valence-electron chi connectivity index (χ3n) is 5.63. The highest BCUT2D eigenvalue weighted by molar-refractivity contribution is 5.94. The Kier molecular flexibility index (Phi) is 12.9. The number of para-hydroxylation sites is 1. The Morgan fingerprint density at radius 1 is 1.08 bits per heavy atom.